The van der Waals surface area contributed by atoms with E-state index >= 15 is 0 Å². The Labute approximate surface area is 121 Å². The van der Waals surface area contributed by atoms with Crippen LogP contribution in [0, 0.1) is 13.8 Å². The minimum Gasteiger partial charge on any atom is -0.339 e. The number of aromatic nitrogens is 1. The molecule has 0 spiro atoms. The third kappa shape index (κ3) is 3.18. The van der Waals surface area contributed by atoms with Crippen LogP contribution in [0.2, 0.25) is 0 Å². The lowest BCUT2D eigenvalue weighted by Crippen LogP contribution is -2.42. The van der Waals surface area contributed by atoms with Crippen LogP contribution in [-0.4, -0.2) is 42.0 Å². The quantitative estimate of drug-likeness (QED) is 0.920. The topological polar surface area (TPSA) is 45.2 Å². The second-order valence-corrected chi connectivity index (χ2v) is 5.80. The molecule has 1 saturated carbocycles. The Bertz CT molecular complexity index is 479. The summed E-state index contributed by atoms with van der Waals surface area (Å²) in [6.07, 6.45) is 4.44. The summed E-state index contributed by atoms with van der Waals surface area (Å²) >= 11 is 0. The first-order valence-electron chi connectivity index (χ1n) is 7.41. The maximum Gasteiger partial charge on any atom is 0.255 e. The molecule has 2 rings (SSSR count). The van der Waals surface area contributed by atoms with Gasteiger partial charge in [-0.05, 0) is 58.7 Å². The molecule has 0 aromatic carbocycles. The Hall–Kier alpha value is -1.42. The number of amides is 1. The third-order valence-corrected chi connectivity index (χ3v) is 4.43. The molecule has 1 aliphatic rings. The fraction of sp³-hybridized carbons (Fsp3) is 0.625. The largest absolute Gasteiger partial charge is 0.339 e. The lowest BCUT2D eigenvalue weighted by Gasteiger charge is -2.34. The molecule has 4 heteroatoms. The number of carbonyl (C=O) groups is 1. The van der Waals surface area contributed by atoms with Crippen LogP contribution in [0.3, 0.4) is 0 Å². The summed E-state index contributed by atoms with van der Waals surface area (Å²) < 4.78 is 0. The number of rotatable bonds is 3. The summed E-state index contributed by atoms with van der Waals surface area (Å²) in [7, 11) is 3.94. The van der Waals surface area contributed by atoms with Gasteiger partial charge in [-0.2, -0.15) is 0 Å². The van der Waals surface area contributed by atoms with Gasteiger partial charge in [-0.1, -0.05) is 0 Å². The molecule has 110 valence electrons. The van der Waals surface area contributed by atoms with Gasteiger partial charge < -0.3 is 10.2 Å². The molecule has 0 aliphatic heterocycles. The zero-order chi connectivity index (χ0) is 14.7. The maximum atomic E-state index is 12.6. The molecule has 0 unspecified atom stereocenters. The van der Waals surface area contributed by atoms with Crippen LogP contribution in [0.15, 0.2) is 12.1 Å². The van der Waals surface area contributed by atoms with Gasteiger partial charge in [-0.25, -0.2) is 0 Å². The van der Waals surface area contributed by atoms with Crippen molar-refractivity contribution in [1.29, 1.82) is 0 Å². The van der Waals surface area contributed by atoms with E-state index in [0.29, 0.717) is 12.1 Å². The van der Waals surface area contributed by atoms with Crippen LogP contribution < -0.4 is 5.32 Å². The molecule has 4 nitrogen and oxygen atoms in total. The lowest BCUT2D eigenvalue weighted by atomic mass is 9.90. The highest BCUT2D eigenvalue weighted by atomic mass is 16.2. The van der Waals surface area contributed by atoms with E-state index in [1.807, 2.05) is 45.0 Å². The highest BCUT2D eigenvalue weighted by Crippen LogP contribution is 2.23. The predicted molar refractivity (Wildman–Crippen MR) is 80.9 cm³/mol. The molecule has 1 N–H and O–H groups in total. The van der Waals surface area contributed by atoms with Crippen molar-refractivity contribution in [2.24, 2.45) is 0 Å². The smallest absolute Gasteiger partial charge is 0.255 e. The molecule has 1 aliphatic carbocycles. The van der Waals surface area contributed by atoms with Crippen molar-refractivity contribution in [3.63, 3.8) is 0 Å². The van der Waals surface area contributed by atoms with Gasteiger partial charge in [-0.15, -0.1) is 0 Å². The van der Waals surface area contributed by atoms with E-state index in [-0.39, 0.29) is 5.91 Å². The van der Waals surface area contributed by atoms with E-state index < -0.39 is 0 Å². The third-order valence-electron chi connectivity index (χ3n) is 4.43. The van der Waals surface area contributed by atoms with Gasteiger partial charge in [0.05, 0.1) is 11.3 Å². The second kappa shape index (κ2) is 6.35. The van der Waals surface area contributed by atoms with Crippen molar-refractivity contribution in [1.82, 2.24) is 15.2 Å². The van der Waals surface area contributed by atoms with Crippen LogP contribution in [0.4, 0.5) is 0 Å². The number of carbonyl (C=O) groups excluding carboxylic acids is 1. The molecule has 1 amide bonds. The monoisotopic (exact) mass is 275 g/mol. The fourth-order valence-electron chi connectivity index (χ4n) is 3.02. The molecular weight excluding hydrogens is 250 g/mol. The van der Waals surface area contributed by atoms with Gasteiger partial charge >= 0.3 is 0 Å². The van der Waals surface area contributed by atoms with Gasteiger partial charge in [0.2, 0.25) is 0 Å². The number of pyridine rings is 1. The molecular formula is C16H25N3O. The summed E-state index contributed by atoms with van der Waals surface area (Å²) in [5.41, 5.74) is 2.51. The molecule has 0 saturated heterocycles. The normalized spacial score (nSPS) is 22.6. The SMILES string of the molecule is CNC1CCC(N(C)C(=O)c2ccc(C)nc2C)CC1. The van der Waals surface area contributed by atoms with Gasteiger partial charge in [0.1, 0.15) is 0 Å². The van der Waals surface area contributed by atoms with E-state index in [0.717, 1.165) is 42.6 Å². The Morgan fingerprint density at radius 1 is 1.25 bits per heavy atom. The Morgan fingerprint density at radius 3 is 2.45 bits per heavy atom. The Kier molecular flexibility index (Phi) is 4.76. The average Bonchev–Trinajstić information content (AvgIpc) is 2.46. The summed E-state index contributed by atoms with van der Waals surface area (Å²) in [5.74, 6) is 0.0999. The summed E-state index contributed by atoms with van der Waals surface area (Å²) in [5, 5.41) is 3.33. The minimum atomic E-state index is 0.0999. The fourth-order valence-corrected chi connectivity index (χ4v) is 3.02. The zero-order valence-electron chi connectivity index (χ0n) is 12.9. The van der Waals surface area contributed by atoms with Crippen molar-refractivity contribution < 1.29 is 4.79 Å². The minimum absolute atomic E-state index is 0.0999. The van der Waals surface area contributed by atoms with Crippen LogP contribution in [-0.2, 0) is 0 Å². The lowest BCUT2D eigenvalue weighted by molar-refractivity contribution is 0.0684. The van der Waals surface area contributed by atoms with E-state index in [4.69, 9.17) is 0 Å². The van der Waals surface area contributed by atoms with E-state index in [9.17, 15) is 4.79 Å². The first-order valence-corrected chi connectivity index (χ1v) is 7.41. The van der Waals surface area contributed by atoms with Crippen molar-refractivity contribution in [3.05, 3.63) is 29.1 Å². The first kappa shape index (κ1) is 15.0. The molecule has 0 radical (unpaired) electrons. The van der Waals surface area contributed by atoms with Crippen molar-refractivity contribution >= 4 is 5.91 Å². The van der Waals surface area contributed by atoms with Crippen LogP contribution in [0.1, 0.15) is 47.4 Å². The zero-order valence-corrected chi connectivity index (χ0v) is 12.9. The van der Waals surface area contributed by atoms with Crippen LogP contribution in [0.25, 0.3) is 0 Å². The van der Waals surface area contributed by atoms with Gasteiger partial charge in [0, 0.05) is 24.8 Å². The molecule has 1 fully saturated rings. The van der Waals surface area contributed by atoms with Crippen molar-refractivity contribution in [3.8, 4) is 0 Å². The molecule has 1 aromatic heterocycles. The molecule has 0 bridgehead atoms. The van der Waals surface area contributed by atoms with Crippen molar-refractivity contribution in [2.45, 2.75) is 51.6 Å². The van der Waals surface area contributed by atoms with E-state index in [1.165, 1.54) is 0 Å². The summed E-state index contributed by atoms with van der Waals surface area (Å²) in [6.45, 7) is 3.86. The molecule has 1 heterocycles. The van der Waals surface area contributed by atoms with Gasteiger partial charge in [0.25, 0.3) is 5.91 Å². The Balaban J connectivity index is 2.05. The molecule has 0 atom stereocenters. The van der Waals surface area contributed by atoms with Crippen molar-refractivity contribution in [2.75, 3.05) is 14.1 Å². The molecule has 1 aromatic rings. The maximum absolute atomic E-state index is 12.6. The van der Waals surface area contributed by atoms with Crippen LogP contribution >= 0.6 is 0 Å². The first-order chi connectivity index (χ1) is 9.52. The highest BCUT2D eigenvalue weighted by molar-refractivity contribution is 5.95. The number of hydrogen-bond donors (Lipinski definition) is 1. The number of nitrogens with zero attached hydrogens (tertiary/aromatic N) is 2. The number of nitrogens with one attached hydrogen (secondary N) is 1. The van der Waals surface area contributed by atoms with Gasteiger partial charge in [0.15, 0.2) is 0 Å². The van der Waals surface area contributed by atoms with E-state index in [2.05, 4.69) is 10.3 Å². The van der Waals surface area contributed by atoms with Gasteiger partial charge in [-0.3, -0.25) is 9.78 Å². The highest BCUT2D eigenvalue weighted by Gasteiger charge is 2.27. The Morgan fingerprint density at radius 2 is 1.90 bits per heavy atom. The average molecular weight is 275 g/mol. The number of aryl methyl sites for hydroxylation is 2. The summed E-state index contributed by atoms with van der Waals surface area (Å²) in [6, 6.07) is 4.77. The van der Waals surface area contributed by atoms with Crippen LogP contribution in [0.5, 0.6) is 0 Å². The second-order valence-electron chi connectivity index (χ2n) is 5.80. The predicted octanol–water partition coefficient (Wildman–Crippen LogP) is 2.30. The molecule has 20 heavy (non-hydrogen) atoms. The standard InChI is InChI=1S/C16H25N3O/c1-11-5-10-15(12(2)18-11)16(20)19(4)14-8-6-13(17-3)7-9-14/h5,10,13-14,17H,6-9H2,1-4H3. The number of hydrogen-bond acceptors (Lipinski definition) is 3. The van der Waals surface area contributed by atoms with E-state index in [1.54, 1.807) is 0 Å². The summed E-state index contributed by atoms with van der Waals surface area (Å²) in [4.78, 5) is 18.9.